The molecule has 1 fully saturated rings. The summed E-state index contributed by atoms with van der Waals surface area (Å²) in [6, 6.07) is 14.6. The van der Waals surface area contributed by atoms with E-state index in [4.69, 9.17) is 28.4 Å². The molecule has 9 heteroatoms. The Morgan fingerprint density at radius 2 is 1.71 bits per heavy atom. The van der Waals surface area contributed by atoms with E-state index in [-0.39, 0.29) is 18.1 Å². The Bertz CT molecular complexity index is 1020. The number of nitrogens with one attached hydrogen (secondary N) is 1. The van der Waals surface area contributed by atoms with Crippen molar-refractivity contribution < 1.29 is 33.5 Å². The SMILES string of the molecule is COCCCOc1ccc([C@@H]2C(OCc3ccc4c(c3)N(CCCOC)CCO4)CNC[C@H]2OCC[C@H](C)O)cc1. The molecule has 2 aromatic carbocycles. The Balaban J connectivity index is 1.45. The van der Waals surface area contributed by atoms with Gasteiger partial charge in [-0.3, -0.25) is 0 Å². The molecule has 228 valence electrons. The van der Waals surface area contributed by atoms with Gasteiger partial charge >= 0.3 is 0 Å². The van der Waals surface area contributed by atoms with E-state index >= 15 is 0 Å². The number of aliphatic hydroxyl groups excluding tert-OH is 1. The second kappa shape index (κ2) is 16.9. The standard InChI is InChI=1S/C32H48N2O7/c1-24(35)12-18-39-30-21-33-22-31(32(30)26-7-9-27(10-8-26)38-17-5-16-37-3)41-23-25-6-11-29-28(20-25)34(14-19-40-29)13-4-15-36-2/h6-11,20,24,30-33,35H,4-5,12-19,21-23H2,1-3H3/t24-,30+,31?,32-/m0/s1. The summed E-state index contributed by atoms with van der Waals surface area (Å²) in [7, 11) is 3.44. The van der Waals surface area contributed by atoms with E-state index in [1.807, 2.05) is 12.1 Å². The first kappa shape index (κ1) is 31.5. The fraction of sp³-hybridized carbons (Fsp3) is 0.625. The number of rotatable bonds is 17. The highest BCUT2D eigenvalue weighted by Gasteiger charge is 2.36. The highest BCUT2D eigenvalue weighted by Crippen LogP contribution is 2.35. The summed E-state index contributed by atoms with van der Waals surface area (Å²) in [5.41, 5.74) is 3.39. The van der Waals surface area contributed by atoms with Crippen molar-refractivity contribution in [3.8, 4) is 11.5 Å². The van der Waals surface area contributed by atoms with Crippen LogP contribution in [0.4, 0.5) is 5.69 Å². The van der Waals surface area contributed by atoms with Crippen molar-refractivity contribution in [2.75, 3.05) is 78.3 Å². The molecule has 0 bridgehead atoms. The molecule has 9 nitrogen and oxygen atoms in total. The highest BCUT2D eigenvalue weighted by atomic mass is 16.5. The average Bonchev–Trinajstić information content (AvgIpc) is 2.99. The maximum atomic E-state index is 9.76. The van der Waals surface area contributed by atoms with E-state index in [0.717, 1.165) is 73.9 Å². The predicted octanol–water partition coefficient (Wildman–Crippen LogP) is 3.77. The van der Waals surface area contributed by atoms with E-state index in [1.54, 1.807) is 21.1 Å². The topological polar surface area (TPSA) is 90.9 Å². The summed E-state index contributed by atoms with van der Waals surface area (Å²) in [6.45, 7) is 8.77. The summed E-state index contributed by atoms with van der Waals surface area (Å²) in [6.07, 6.45) is 1.86. The van der Waals surface area contributed by atoms with Crippen molar-refractivity contribution in [2.24, 2.45) is 0 Å². The number of ether oxygens (including phenoxy) is 6. The van der Waals surface area contributed by atoms with Crippen molar-refractivity contribution in [1.29, 1.82) is 0 Å². The first-order valence-corrected chi connectivity index (χ1v) is 14.9. The lowest BCUT2D eigenvalue weighted by molar-refractivity contribution is -0.0639. The third-order valence-corrected chi connectivity index (χ3v) is 7.61. The average molecular weight is 573 g/mol. The first-order valence-electron chi connectivity index (χ1n) is 14.9. The van der Waals surface area contributed by atoms with Crippen molar-refractivity contribution in [3.63, 3.8) is 0 Å². The van der Waals surface area contributed by atoms with Gasteiger partial charge in [-0.1, -0.05) is 18.2 Å². The van der Waals surface area contributed by atoms with Crippen LogP contribution in [-0.2, 0) is 25.6 Å². The lowest BCUT2D eigenvalue weighted by Crippen LogP contribution is -2.50. The zero-order valence-electron chi connectivity index (χ0n) is 24.9. The second-order valence-corrected chi connectivity index (χ2v) is 10.8. The number of benzene rings is 2. The molecule has 1 unspecified atom stereocenters. The highest BCUT2D eigenvalue weighted by molar-refractivity contribution is 5.61. The molecule has 4 atom stereocenters. The maximum Gasteiger partial charge on any atom is 0.142 e. The lowest BCUT2D eigenvalue weighted by Gasteiger charge is -2.39. The lowest BCUT2D eigenvalue weighted by atomic mass is 9.85. The molecule has 0 amide bonds. The number of anilines is 1. The molecule has 41 heavy (non-hydrogen) atoms. The smallest absolute Gasteiger partial charge is 0.142 e. The van der Waals surface area contributed by atoms with Crippen molar-refractivity contribution in [3.05, 3.63) is 53.6 Å². The normalized spacial score (nSPS) is 21.3. The van der Waals surface area contributed by atoms with Crippen LogP contribution in [0.2, 0.25) is 0 Å². The monoisotopic (exact) mass is 572 g/mol. The number of aliphatic hydroxyl groups is 1. The molecule has 2 aromatic rings. The van der Waals surface area contributed by atoms with Gasteiger partial charge in [0, 0.05) is 66.0 Å². The Morgan fingerprint density at radius 3 is 2.46 bits per heavy atom. The fourth-order valence-electron chi connectivity index (χ4n) is 5.43. The van der Waals surface area contributed by atoms with Gasteiger partial charge in [0.15, 0.2) is 0 Å². The summed E-state index contributed by atoms with van der Waals surface area (Å²) < 4.78 is 35.1. The third kappa shape index (κ3) is 9.56. The van der Waals surface area contributed by atoms with E-state index in [9.17, 15) is 5.11 Å². The van der Waals surface area contributed by atoms with Gasteiger partial charge in [-0.2, -0.15) is 0 Å². The Kier molecular flexibility index (Phi) is 13.0. The maximum absolute atomic E-state index is 9.76. The number of hydrogen-bond donors (Lipinski definition) is 2. The Hall–Kier alpha value is -2.40. The van der Waals surface area contributed by atoms with E-state index in [1.165, 1.54) is 0 Å². The molecule has 2 N–H and O–H groups in total. The summed E-state index contributed by atoms with van der Waals surface area (Å²) in [5.74, 6) is 1.80. The van der Waals surface area contributed by atoms with Gasteiger partial charge < -0.3 is 43.7 Å². The summed E-state index contributed by atoms with van der Waals surface area (Å²) >= 11 is 0. The molecule has 1 saturated heterocycles. The molecule has 2 aliphatic rings. The number of piperidine rings is 1. The molecular formula is C32H48N2O7. The second-order valence-electron chi connectivity index (χ2n) is 10.8. The third-order valence-electron chi connectivity index (χ3n) is 7.61. The largest absolute Gasteiger partial charge is 0.494 e. The van der Waals surface area contributed by atoms with Gasteiger partial charge in [-0.15, -0.1) is 0 Å². The van der Waals surface area contributed by atoms with Crippen LogP contribution in [0.3, 0.4) is 0 Å². The fourth-order valence-corrected chi connectivity index (χ4v) is 5.43. The summed E-state index contributed by atoms with van der Waals surface area (Å²) in [5, 5.41) is 13.3. The van der Waals surface area contributed by atoms with Gasteiger partial charge in [0.1, 0.15) is 18.1 Å². The number of hydrogen-bond acceptors (Lipinski definition) is 9. The van der Waals surface area contributed by atoms with Crippen molar-refractivity contribution >= 4 is 5.69 Å². The Labute approximate surface area is 245 Å². The van der Waals surface area contributed by atoms with Gasteiger partial charge in [-0.05, 0) is 55.2 Å². The van der Waals surface area contributed by atoms with Crippen LogP contribution < -0.4 is 19.7 Å². The van der Waals surface area contributed by atoms with Gasteiger partial charge in [0.2, 0.25) is 0 Å². The molecule has 0 radical (unpaired) electrons. The van der Waals surface area contributed by atoms with E-state index in [0.29, 0.717) is 39.5 Å². The zero-order valence-corrected chi connectivity index (χ0v) is 24.9. The number of methoxy groups -OCH3 is 2. The zero-order chi connectivity index (χ0) is 28.9. The van der Waals surface area contributed by atoms with Crippen molar-refractivity contribution in [2.45, 2.75) is 57.0 Å². The molecule has 2 heterocycles. The molecule has 0 aliphatic carbocycles. The van der Waals surface area contributed by atoms with Crippen LogP contribution in [0.5, 0.6) is 11.5 Å². The first-order chi connectivity index (χ1) is 20.1. The molecule has 0 saturated carbocycles. The minimum atomic E-state index is -0.395. The minimum absolute atomic E-state index is 0.0410. The van der Waals surface area contributed by atoms with Crippen LogP contribution in [0.25, 0.3) is 0 Å². The minimum Gasteiger partial charge on any atom is -0.494 e. The summed E-state index contributed by atoms with van der Waals surface area (Å²) in [4.78, 5) is 2.37. The molecule has 2 aliphatic heterocycles. The van der Waals surface area contributed by atoms with Gasteiger partial charge in [-0.25, -0.2) is 0 Å². The molecule has 0 aromatic heterocycles. The Morgan fingerprint density at radius 1 is 0.951 bits per heavy atom. The van der Waals surface area contributed by atoms with Crippen molar-refractivity contribution in [1.82, 2.24) is 5.32 Å². The molecule has 4 rings (SSSR count). The van der Waals surface area contributed by atoms with Crippen LogP contribution in [-0.4, -0.2) is 96.9 Å². The molecular weight excluding hydrogens is 524 g/mol. The van der Waals surface area contributed by atoms with Gasteiger partial charge in [0.05, 0.1) is 43.8 Å². The quantitative estimate of drug-likeness (QED) is 0.275. The predicted molar refractivity (Wildman–Crippen MR) is 159 cm³/mol. The van der Waals surface area contributed by atoms with Crippen LogP contribution in [0.15, 0.2) is 42.5 Å². The van der Waals surface area contributed by atoms with Crippen LogP contribution in [0.1, 0.15) is 43.2 Å². The van der Waals surface area contributed by atoms with Crippen LogP contribution >= 0.6 is 0 Å². The molecule has 0 spiro atoms. The van der Waals surface area contributed by atoms with E-state index in [2.05, 4.69) is 40.5 Å². The van der Waals surface area contributed by atoms with Gasteiger partial charge in [0.25, 0.3) is 0 Å². The van der Waals surface area contributed by atoms with E-state index < -0.39 is 6.10 Å². The number of fused-ring (bicyclic) bond motifs is 1. The van der Waals surface area contributed by atoms with Crippen LogP contribution in [0, 0.1) is 0 Å². The number of nitrogens with zero attached hydrogens (tertiary/aromatic N) is 1.